The van der Waals surface area contributed by atoms with Crippen molar-refractivity contribution in [2.24, 2.45) is 5.92 Å². The second-order valence-electron chi connectivity index (χ2n) is 11.0. The summed E-state index contributed by atoms with van der Waals surface area (Å²) >= 11 is 0. The van der Waals surface area contributed by atoms with Crippen LogP contribution in [0.15, 0.2) is 72.8 Å². The number of nitrogens with zero attached hydrogens (tertiary/aromatic N) is 2. The molecule has 2 aliphatic rings. The number of rotatable bonds is 11. The SMILES string of the molecule is CN1C2CCC1C(COC(=O)CCCc1ccc([N+](=O)[O-])cc1)C(OC(c1ccc(F)cc1)c1ccc(F)cc1)C2. The average Bonchev–Trinajstić information content (AvgIpc) is 3.21. The fourth-order valence-electron chi connectivity index (χ4n) is 6.19. The summed E-state index contributed by atoms with van der Waals surface area (Å²) in [5, 5.41) is 10.8. The van der Waals surface area contributed by atoms with Crippen LogP contribution in [0.25, 0.3) is 0 Å². The number of benzene rings is 3. The molecule has 0 N–H and O–H groups in total. The molecule has 4 unspecified atom stereocenters. The molecular weight excluding hydrogens is 530 g/mol. The highest BCUT2D eigenvalue weighted by atomic mass is 19.1. The Balaban J connectivity index is 1.24. The van der Waals surface area contributed by atoms with Crippen LogP contribution in [-0.2, 0) is 20.7 Å². The van der Waals surface area contributed by atoms with Gasteiger partial charge in [0.15, 0.2) is 0 Å². The minimum Gasteiger partial charge on any atom is -0.465 e. The molecule has 216 valence electrons. The van der Waals surface area contributed by atoms with E-state index in [2.05, 4.69) is 11.9 Å². The van der Waals surface area contributed by atoms with Gasteiger partial charge in [-0.25, -0.2) is 8.78 Å². The van der Waals surface area contributed by atoms with Crippen LogP contribution in [0.3, 0.4) is 0 Å². The molecule has 3 aromatic rings. The van der Waals surface area contributed by atoms with Crippen molar-refractivity contribution < 1.29 is 28.0 Å². The molecule has 0 amide bonds. The van der Waals surface area contributed by atoms with E-state index in [4.69, 9.17) is 9.47 Å². The zero-order valence-corrected chi connectivity index (χ0v) is 23.0. The summed E-state index contributed by atoms with van der Waals surface area (Å²) in [5.41, 5.74) is 2.51. The third-order valence-corrected chi connectivity index (χ3v) is 8.46. The lowest BCUT2D eigenvalue weighted by Crippen LogP contribution is -2.52. The first-order valence-corrected chi connectivity index (χ1v) is 14.1. The normalized spacial score (nSPS) is 22.1. The highest BCUT2D eigenvalue weighted by molar-refractivity contribution is 5.69. The molecule has 0 saturated carbocycles. The first kappa shape index (κ1) is 28.8. The van der Waals surface area contributed by atoms with Gasteiger partial charge in [-0.15, -0.1) is 0 Å². The Morgan fingerprint density at radius 1 is 0.976 bits per heavy atom. The summed E-state index contributed by atoms with van der Waals surface area (Å²) in [6.07, 6.45) is 3.50. The number of fused-ring (bicyclic) bond motifs is 2. The lowest BCUT2D eigenvalue weighted by Gasteiger charge is -2.43. The number of nitro groups is 1. The fraction of sp³-hybridized carbons (Fsp3) is 0.406. The molecule has 3 aromatic carbocycles. The predicted octanol–water partition coefficient (Wildman–Crippen LogP) is 6.40. The number of hydrogen-bond donors (Lipinski definition) is 0. The van der Waals surface area contributed by atoms with E-state index in [1.54, 1.807) is 36.4 Å². The second kappa shape index (κ2) is 12.9. The Bertz CT molecular complexity index is 1290. The zero-order valence-electron chi connectivity index (χ0n) is 23.0. The van der Waals surface area contributed by atoms with Gasteiger partial charge in [0.05, 0.1) is 17.6 Å². The molecule has 2 bridgehead atoms. The quantitative estimate of drug-likeness (QED) is 0.152. The summed E-state index contributed by atoms with van der Waals surface area (Å²) in [4.78, 5) is 25.5. The minimum absolute atomic E-state index is 0.0395. The van der Waals surface area contributed by atoms with Crippen LogP contribution < -0.4 is 0 Å². The van der Waals surface area contributed by atoms with Crippen LogP contribution in [-0.4, -0.2) is 47.6 Å². The van der Waals surface area contributed by atoms with Gasteiger partial charge in [-0.2, -0.15) is 0 Å². The molecule has 41 heavy (non-hydrogen) atoms. The Morgan fingerprint density at radius 2 is 1.59 bits per heavy atom. The van der Waals surface area contributed by atoms with Gasteiger partial charge in [0, 0.05) is 36.6 Å². The summed E-state index contributed by atoms with van der Waals surface area (Å²) in [6, 6.07) is 19.2. The largest absolute Gasteiger partial charge is 0.465 e. The number of carbonyl (C=O) groups excluding carboxylic acids is 1. The molecule has 0 aromatic heterocycles. The summed E-state index contributed by atoms with van der Waals surface area (Å²) in [5.74, 6) is -1.03. The minimum atomic E-state index is -0.524. The maximum absolute atomic E-state index is 13.7. The van der Waals surface area contributed by atoms with Crippen molar-refractivity contribution in [3.05, 3.63) is 111 Å². The third kappa shape index (κ3) is 6.97. The van der Waals surface area contributed by atoms with Gasteiger partial charge < -0.3 is 9.47 Å². The molecule has 0 spiro atoms. The van der Waals surface area contributed by atoms with Gasteiger partial charge in [-0.05, 0) is 80.1 Å². The highest BCUT2D eigenvalue weighted by Crippen LogP contribution is 2.42. The van der Waals surface area contributed by atoms with E-state index in [1.165, 1.54) is 36.4 Å². The van der Waals surface area contributed by atoms with Crippen molar-refractivity contribution in [2.45, 2.75) is 62.8 Å². The Labute approximate surface area is 238 Å². The lowest BCUT2D eigenvalue weighted by molar-refractivity contribution is -0.384. The van der Waals surface area contributed by atoms with E-state index < -0.39 is 11.0 Å². The van der Waals surface area contributed by atoms with Crippen LogP contribution in [0.1, 0.15) is 54.9 Å². The van der Waals surface area contributed by atoms with Crippen molar-refractivity contribution in [3.63, 3.8) is 0 Å². The number of nitro benzene ring substituents is 1. The smallest absolute Gasteiger partial charge is 0.305 e. The van der Waals surface area contributed by atoms with Crippen molar-refractivity contribution in [3.8, 4) is 0 Å². The third-order valence-electron chi connectivity index (χ3n) is 8.46. The molecule has 7 nitrogen and oxygen atoms in total. The van der Waals surface area contributed by atoms with Crippen LogP contribution in [0, 0.1) is 27.7 Å². The number of carbonyl (C=O) groups is 1. The van der Waals surface area contributed by atoms with Crippen molar-refractivity contribution in [1.82, 2.24) is 4.90 Å². The molecular formula is C32H34F2N2O5. The van der Waals surface area contributed by atoms with Crippen LogP contribution in [0.4, 0.5) is 14.5 Å². The topological polar surface area (TPSA) is 81.9 Å². The molecule has 2 fully saturated rings. The van der Waals surface area contributed by atoms with Crippen LogP contribution in [0.2, 0.25) is 0 Å². The average molecular weight is 565 g/mol. The van der Waals surface area contributed by atoms with Gasteiger partial charge in [0.1, 0.15) is 17.7 Å². The Hall–Kier alpha value is -3.69. The van der Waals surface area contributed by atoms with E-state index in [9.17, 15) is 23.7 Å². The molecule has 5 rings (SSSR count). The van der Waals surface area contributed by atoms with E-state index in [0.717, 1.165) is 36.0 Å². The first-order chi connectivity index (χ1) is 19.8. The maximum Gasteiger partial charge on any atom is 0.305 e. The van der Waals surface area contributed by atoms with Crippen LogP contribution >= 0.6 is 0 Å². The number of hydrogen-bond acceptors (Lipinski definition) is 6. The summed E-state index contributed by atoms with van der Waals surface area (Å²) in [6.45, 7) is 0.225. The van der Waals surface area contributed by atoms with Gasteiger partial charge >= 0.3 is 5.97 Å². The predicted molar refractivity (Wildman–Crippen MR) is 149 cm³/mol. The van der Waals surface area contributed by atoms with Crippen molar-refractivity contribution in [2.75, 3.05) is 13.7 Å². The van der Waals surface area contributed by atoms with E-state index in [0.29, 0.717) is 18.9 Å². The number of aryl methyl sites for hydroxylation is 1. The van der Waals surface area contributed by atoms with Crippen LogP contribution in [0.5, 0.6) is 0 Å². The molecule has 2 aliphatic heterocycles. The van der Waals surface area contributed by atoms with Gasteiger partial charge in [-0.3, -0.25) is 19.8 Å². The lowest BCUT2D eigenvalue weighted by atomic mass is 9.87. The highest BCUT2D eigenvalue weighted by Gasteiger charge is 2.47. The van der Waals surface area contributed by atoms with Crippen molar-refractivity contribution >= 4 is 11.7 Å². The number of piperidine rings is 1. The molecule has 4 atom stereocenters. The number of esters is 1. The summed E-state index contributed by atoms with van der Waals surface area (Å²) < 4.78 is 40.0. The Kier molecular flexibility index (Phi) is 9.05. The Morgan fingerprint density at radius 3 is 2.17 bits per heavy atom. The molecule has 9 heteroatoms. The fourth-order valence-corrected chi connectivity index (χ4v) is 6.19. The van der Waals surface area contributed by atoms with Gasteiger partial charge in [0.25, 0.3) is 5.69 Å². The number of ether oxygens (including phenoxy) is 2. The zero-order chi connectivity index (χ0) is 28.9. The standard InChI is InChI=1S/C32H34F2N2O5/c1-35-27-17-18-29(35)28(20-40-31(37)4-2-3-21-5-15-26(16-6-21)36(38)39)30(19-27)41-32(22-7-11-24(33)12-8-22)23-9-13-25(34)14-10-23/h5-16,27-30,32H,2-4,17-20H2,1H3. The van der Waals surface area contributed by atoms with E-state index in [-0.39, 0.29) is 54.4 Å². The monoisotopic (exact) mass is 564 g/mol. The summed E-state index contributed by atoms with van der Waals surface area (Å²) in [7, 11) is 2.11. The van der Waals surface area contributed by atoms with Gasteiger partial charge in [-0.1, -0.05) is 36.4 Å². The molecule has 2 saturated heterocycles. The van der Waals surface area contributed by atoms with E-state index >= 15 is 0 Å². The van der Waals surface area contributed by atoms with Gasteiger partial charge in [0.2, 0.25) is 0 Å². The number of halogens is 2. The van der Waals surface area contributed by atoms with E-state index in [1.807, 2.05) is 0 Å². The first-order valence-electron chi connectivity index (χ1n) is 14.1. The second-order valence-corrected chi connectivity index (χ2v) is 11.0. The molecule has 2 heterocycles. The molecule has 0 aliphatic carbocycles. The number of non-ortho nitro benzene ring substituents is 1. The maximum atomic E-state index is 13.7. The molecule has 0 radical (unpaired) electrons. The van der Waals surface area contributed by atoms with Crippen molar-refractivity contribution in [1.29, 1.82) is 0 Å².